The van der Waals surface area contributed by atoms with E-state index in [0.717, 1.165) is 5.69 Å². The SMILES string of the molecule is CS(=O)(=O)CCC(N)c1ccccn1. The van der Waals surface area contributed by atoms with Gasteiger partial charge in [0.2, 0.25) is 0 Å². The first-order chi connectivity index (χ1) is 6.49. The topological polar surface area (TPSA) is 73.0 Å². The Kier molecular flexibility index (Phi) is 3.60. The second kappa shape index (κ2) is 4.52. The number of hydrogen-bond acceptors (Lipinski definition) is 4. The highest BCUT2D eigenvalue weighted by Crippen LogP contribution is 2.10. The number of sulfone groups is 1. The predicted molar refractivity (Wildman–Crippen MR) is 55.5 cm³/mol. The van der Waals surface area contributed by atoms with Crippen LogP contribution in [0.1, 0.15) is 18.2 Å². The summed E-state index contributed by atoms with van der Waals surface area (Å²) < 4.78 is 21.8. The van der Waals surface area contributed by atoms with Gasteiger partial charge in [-0.05, 0) is 18.6 Å². The molecule has 0 aromatic carbocycles. The van der Waals surface area contributed by atoms with E-state index in [1.54, 1.807) is 18.3 Å². The molecule has 78 valence electrons. The zero-order chi connectivity index (χ0) is 10.6. The molecule has 1 heterocycles. The van der Waals surface area contributed by atoms with Crippen LogP contribution in [0.4, 0.5) is 0 Å². The number of nitrogens with zero attached hydrogens (tertiary/aromatic N) is 1. The van der Waals surface area contributed by atoms with Gasteiger partial charge >= 0.3 is 0 Å². The van der Waals surface area contributed by atoms with Crippen molar-refractivity contribution in [2.75, 3.05) is 12.0 Å². The molecule has 5 heteroatoms. The summed E-state index contributed by atoms with van der Waals surface area (Å²) >= 11 is 0. The zero-order valence-electron chi connectivity index (χ0n) is 8.05. The summed E-state index contributed by atoms with van der Waals surface area (Å²) in [5, 5.41) is 0. The molecule has 0 saturated carbocycles. The van der Waals surface area contributed by atoms with Crippen LogP contribution < -0.4 is 5.73 Å². The van der Waals surface area contributed by atoms with Crippen molar-refractivity contribution in [3.63, 3.8) is 0 Å². The Morgan fingerprint density at radius 3 is 2.71 bits per heavy atom. The Labute approximate surface area is 84.1 Å². The lowest BCUT2D eigenvalue weighted by atomic mass is 10.1. The summed E-state index contributed by atoms with van der Waals surface area (Å²) in [6.07, 6.45) is 3.27. The van der Waals surface area contributed by atoms with Crippen molar-refractivity contribution in [2.24, 2.45) is 5.73 Å². The molecule has 0 aliphatic heterocycles. The maximum atomic E-state index is 10.9. The monoisotopic (exact) mass is 214 g/mol. The number of nitrogens with two attached hydrogens (primary N) is 1. The molecule has 1 atom stereocenters. The molecule has 1 aromatic heterocycles. The first-order valence-electron chi connectivity index (χ1n) is 4.33. The lowest BCUT2D eigenvalue weighted by Crippen LogP contribution is -2.16. The van der Waals surface area contributed by atoms with Gasteiger partial charge in [0, 0.05) is 18.5 Å². The fourth-order valence-corrected chi connectivity index (χ4v) is 1.77. The predicted octanol–water partition coefficient (Wildman–Crippen LogP) is 0.516. The molecule has 2 N–H and O–H groups in total. The van der Waals surface area contributed by atoms with Crippen LogP contribution in [0.5, 0.6) is 0 Å². The van der Waals surface area contributed by atoms with Gasteiger partial charge in [-0.3, -0.25) is 4.98 Å². The largest absolute Gasteiger partial charge is 0.323 e. The van der Waals surface area contributed by atoms with Crippen molar-refractivity contribution in [1.29, 1.82) is 0 Å². The molecular formula is C9H14N2O2S. The van der Waals surface area contributed by atoms with E-state index < -0.39 is 9.84 Å². The summed E-state index contributed by atoms with van der Waals surface area (Å²) in [6, 6.07) is 5.13. The highest BCUT2D eigenvalue weighted by molar-refractivity contribution is 7.90. The van der Waals surface area contributed by atoms with Gasteiger partial charge in [-0.15, -0.1) is 0 Å². The smallest absolute Gasteiger partial charge is 0.147 e. The Morgan fingerprint density at radius 2 is 2.21 bits per heavy atom. The average molecular weight is 214 g/mol. The summed E-state index contributed by atoms with van der Waals surface area (Å²) in [5.74, 6) is 0.102. The standard InChI is InChI=1S/C9H14N2O2S/c1-14(12,13)7-5-8(10)9-4-2-3-6-11-9/h2-4,6,8H,5,7,10H2,1H3. The van der Waals surface area contributed by atoms with E-state index in [4.69, 9.17) is 5.73 Å². The number of pyridine rings is 1. The fourth-order valence-electron chi connectivity index (χ4n) is 1.08. The minimum Gasteiger partial charge on any atom is -0.323 e. The van der Waals surface area contributed by atoms with E-state index in [2.05, 4.69) is 4.98 Å². The second-order valence-electron chi connectivity index (χ2n) is 3.28. The third-order valence-electron chi connectivity index (χ3n) is 1.87. The molecule has 1 rings (SSSR count). The minimum absolute atomic E-state index is 0.102. The molecule has 0 fully saturated rings. The van der Waals surface area contributed by atoms with E-state index in [1.165, 1.54) is 6.26 Å². The Hall–Kier alpha value is -0.940. The van der Waals surface area contributed by atoms with Crippen LogP contribution in [-0.4, -0.2) is 25.4 Å². The van der Waals surface area contributed by atoms with E-state index in [-0.39, 0.29) is 11.8 Å². The molecule has 0 radical (unpaired) electrons. The Balaban J connectivity index is 2.56. The van der Waals surface area contributed by atoms with E-state index in [9.17, 15) is 8.42 Å². The highest BCUT2D eigenvalue weighted by Gasteiger charge is 2.10. The second-order valence-corrected chi connectivity index (χ2v) is 5.54. The molecule has 0 spiro atoms. The quantitative estimate of drug-likeness (QED) is 0.792. The van der Waals surface area contributed by atoms with Gasteiger partial charge in [-0.25, -0.2) is 8.42 Å². The third kappa shape index (κ3) is 3.85. The van der Waals surface area contributed by atoms with Crippen molar-refractivity contribution in [2.45, 2.75) is 12.5 Å². The molecular weight excluding hydrogens is 200 g/mol. The minimum atomic E-state index is -2.93. The number of rotatable bonds is 4. The van der Waals surface area contributed by atoms with Gasteiger partial charge in [0.05, 0.1) is 11.4 Å². The molecule has 0 amide bonds. The first kappa shape index (κ1) is 11.1. The van der Waals surface area contributed by atoms with Crippen molar-refractivity contribution in [3.8, 4) is 0 Å². The van der Waals surface area contributed by atoms with Crippen LogP contribution in [0.25, 0.3) is 0 Å². The zero-order valence-corrected chi connectivity index (χ0v) is 8.87. The van der Waals surface area contributed by atoms with Crippen LogP contribution in [0, 0.1) is 0 Å². The van der Waals surface area contributed by atoms with Crippen LogP contribution in [0.3, 0.4) is 0 Å². The van der Waals surface area contributed by atoms with Gasteiger partial charge in [0.15, 0.2) is 0 Å². The maximum absolute atomic E-state index is 10.9. The van der Waals surface area contributed by atoms with Crippen molar-refractivity contribution in [1.82, 2.24) is 4.98 Å². The molecule has 0 aliphatic carbocycles. The van der Waals surface area contributed by atoms with Gasteiger partial charge in [0.25, 0.3) is 0 Å². The van der Waals surface area contributed by atoms with Crippen molar-refractivity contribution in [3.05, 3.63) is 30.1 Å². The fraction of sp³-hybridized carbons (Fsp3) is 0.444. The molecule has 0 bridgehead atoms. The average Bonchev–Trinajstić information content (AvgIpc) is 2.14. The Morgan fingerprint density at radius 1 is 1.50 bits per heavy atom. The van der Waals surface area contributed by atoms with E-state index in [1.807, 2.05) is 6.07 Å². The number of aromatic nitrogens is 1. The summed E-state index contributed by atoms with van der Waals surface area (Å²) in [6.45, 7) is 0. The van der Waals surface area contributed by atoms with Gasteiger partial charge < -0.3 is 5.73 Å². The maximum Gasteiger partial charge on any atom is 0.147 e. The van der Waals surface area contributed by atoms with Crippen LogP contribution in [0.15, 0.2) is 24.4 Å². The number of hydrogen-bond donors (Lipinski definition) is 1. The molecule has 1 unspecified atom stereocenters. The van der Waals surface area contributed by atoms with Gasteiger partial charge in [0.1, 0.15) is 9.84 Å². The lowest BCUT2D eigenvalue weighted by Gasteiger charge is -2.09. The molecule has 1 aromatic rings. The van der Waals surface area contributed by atoms with Crippen molar-refractivity contribution >= 4 is 9.84 Å². The normalized spacial score (nSPS) is 13.9. The molecule has 0 aliphatic rings. The molecule has 0 saturated heterocycles. The van der Waals surface area contributed by atoms with Crippen LogP contribution in [-0.2, 0) is 9.84 Å². The van der Waals surface area contributed by atoms with Crippen LogP contribution in [0.2, 0.25) is 0 Å². The Bertz CT molecular complexity index is 375. The third-order valence-corrected chi connectivity index (χ3v) is 2.84. The summed E-state index contributed by atoms with van der Waals surface area (Å²) in [4.78, 5) is 4.06. The van der Waals surface area contributed by atoms with Crippen LogP contribution >= 0.6 is 0 Å². The lowest BCUT2D eigenvalue weighted by molar-refractivity contribution is 0.590. The van der Waals surface area contributed by atoms with E-state index in [0.29, 0.717) is 6.42 Å². The summed E-state index contributed by atoms with van der Waals surface area (Å²) in [7, 11) is -2.93. The molecule has 14 heavy (non-hydrogen) atoms. The van der Waals surface area contributed by atoms with Gasteiger partial charge in [-0.2, -0.15) is 0 Å². The summed E-state index contributed by atoms with van der Waals surface area (Å²) in [5.41, 5.74) is 6.51. The van der Waals surface area contributed by atoms with Gasteiger partial charge in [-0.1, -0.05) is 6.07 Å². The molecule has 4 nitrogen and oxygen atoms in total. The van der Waals surface area contributed by atoms with E-state index >= 15 is 0 Å². The highest BCUT2D eigenvalue weighted by atomic mass is 32.2. The first-order valence-corrected chi connectivity index (χ1v) is 6.39. The van der Waals surface area contributed by atoms with Crippen molar-refractivity contribution < 1.29 is 8.42 Å².